The van der Waals surface area contributed by atoms with Crippen LogP contribution in [0.2, 0.25) is 0 Å². The van der Waals surface area contributed by atoms with Crippen LogP contribution in [-0.2, 0) is 4.79 Å². The maximum Gasteiger partial charge on any atom is 0.252 e. The van der Waals surface area contributed by atoms with Gasteiger partial charge in [-0.05, 0) is 24.6 Å². The third-order valence-corrected chi connectivity index (χ3v) is 6.68. The summed E-state index contributed by atoms with van der Waals surface area (Å²) in [6, 6.07) is 4.07. The fraction of sp³-hybridized carbons (Fsp3) is 0.300. The fourth-order valence-corrected chi connectivity index (χ4v) is 5.08. The zero-order valence-electron chi connectivity index (χ0n) is 15.2. The molecule has 138 valence electrons. The minimum Gasteiger partial charge on any atom is -0.368 e. The number of carbonyl (C=O) groups is 1. The second-order valence-corrected chi connectivity index (χ2v) is 8.56. The van der Waals surface area contributed by atoms with Crippen molar-refractivity contribution in [3.05, 3.63) is 65.9 Å². The van der Waals surface area contributed by atoms with Crippen molar-refractivity contribution in [3.8, 4) is 0 Å². The van der Waals surface area contributed by atoms with Crippen LogP contribution in [0.1, 0.15) is 11.3 Å². The molecule has 0 bridgehead atoms. The Morgan fingerprint density at radius 2 is 2.07 bits per heavy atom. The molecule has 27 heavy (non-hydrogen) atoms. The molecule has 1 amide bonds. The Morgan fingerprint density at radius 3 is 2.93 bits per heavy atom. The highest BCUT2D eigenvalue weighted by atomic mass is 31.1. The van der Waals surface area contributed by atoms with Crippen molar-refractivity contribution in [2.24, 2.45) is 0 Å². The molecule has 2 atom stereocenters. The molecule has 0 aliphatic carbocycles. The van der Waals surface area contributed by atoms with E-state index in [0.717, 1.165) is 48.5 Å². The number of fused-ring (bicyclic) bond motifs is 2. The Labute approximate surface area is 160 Å². The maximum absolute atomic E-state index is 12.8. The quantitative estimate of drug-likeness (QED) is 0.813. The molecule has 2 aromatic heterocycles. The molecule has 7 heteroatoms. The summed E-state index contributed by atoms with van der Waals surface area (Å²) in [7, 11) is 0.495. The van der Waals surface area contributed by atoms with Gasteiger partial charge >= 0.3 is 0 Å². The van der Waals surface area contributed by atoms with E-state index in [1.54, 1.807) is 6.08 Å². The predicted octanol–water partition coefficient (Wildman–Crippen LogP) is 2.15. The van der Waals surface area contributed by atoms with Gasteiger partial charge in [-0.2, -0.15) is 0 Å². The molecule has 0 radical (unpaired) electrons. The second kappa shape index (κ2) is 6.63. The molecule has 3 aliphatic rings. The summed E-state index contributed by atoms with van der Waals surface area (Å²) in [5.74, 6) is 0.134. The van der Waals surface area contributed by atoms with E-state index in [0.29, 0.717) is 8.58 Å². The van der Waals surface area contributed by atoms with Crippen LogP contribution in [0.5, 0.6) is 0 Å². The summed E-state index contributed by atoms with van der Waals surface area (Å²) in [4.78, 5) is 21.7. The van der Waals surface area contributed by atoms with Crippen molar-refractivity contribution in [1.82, 2.24) is 24.5 Å². The molecule has 0 saturated carbocycles. The second-order valence-electron chi connectivity index (χ2n) is 7.14. The number of nitrogens with zero attached hydrogens (tertiary/aromatic N) is 4. The van der Waals surface area contributed by atoms with Gasteiger partial charge in [-0.25, -0.2) is 4.98 Å². The highest BCUT2D eigenvalue weighted by molar-refractivity contribution is 7.51. The normalized spacial score (nSPS) is 23.6. The number of hydrogen-bond donors (Lipinski definition) is 1. The summed E-state index contributed by atoms with van der Waals surface area (Å²) in [6.07, 6.45) is 12.2. The van der Waals surface area contributed by atoms with Gasteiger partial charge in [0.15, 0.2) is 0 Å². The first-order valence-electron chi connectivity index (χ1n) is 9.29. The molecule has 5 rings (SSSR count). The monoisotopic (exact) mass is 379 g/mol. The number of pyridine rings is 1. The molecular weight excluding hydrogens is 357 g/mol. The van der Waals surface area contributed by atoms with E-state index in [9.17, 15) is 4.79 Å². The zero-order valence-corrected chi connectivity index (χ0v) is 16.2. The van der Waals surface area contributed by atoms with Crippen molar-refractivity contribution in [1.29, 1.82) is 0 Å². The summed E-state index contributed by atoms with van der Waals surface area (Å²) in [6.45, 7) is 6.00. The first-order valence-corrected chi connectivity index (χ1v) is 10.4. The summed E-state index contributed by atoms with van der Waals surface area (Å²) >= 11 is 0. The number of nitrogens with one attached hydrogen (secondary N) is 1. The number of piperazine rings is 1. The minimum atomic E-state index is 0.0407. The molecule has 6 nitrogen and oxygen atoms in total. The molecule has 2 aromatic rings. The van der Waals surface area contributed by atoms with Crippen molar-refractivity contribution in [2.45, 2.75) is 12.7 Å². The summed E-state index contributed by atoms with van der Waals surface area (Å²) < 4.78 is 2.03. The average molecular weight is 379 g/mol. The molecule has 0 aromatic carbocycles. The molecule has 5 heterocycles. The minimum absolute atomic E-state index is 0.0407. The van der Waals surface area contributed by atoms with Gasteiger partial charge in [-0.15, -0.1) is 0 Å². The zero-order chi connectivity index (χ0) is 18.4. The Balaban J connectivity index is 1.43. The summed E-state index contributed by atoms with van der Waals surface area (Å²) in [5.41, 5.74) is 4.13. The number of rotatable bonds is 2. The molecule has 1 saturated heterocycles. The summed E-state index contributed by atoms with van der Waals surface area (Å²) in [5, 5.41) is 4.40. The van der Waals surface area contributed by atoms with Crippen LogP contribution < -0.4 is 5.32 Å². The van der Waals surface area contributed by atoms with Crippen LogP contribution in [0.15, 0.2) is 54.7 Å². The van der Waals surface area contributed by atoms with Crippen molar-refractivity contribution < 1.29 is 4.79 Å². The number of aromatic nitrogens is 2. The molecule has 0 spiro atoms. The standard InChI is InChI=1S/C20H22N5OP/c1-14-2-4-18-22-16(13-24(18)11-14)17-10-19(26)25-12-15(3-5-20(25)27-17)23-8-6-21-7-9-23/h2-5,10-13,20-21,27H,6-9H2,1H3. The molecule has 1 fully saturated rings. The molecule has 2 unspecified atom stereocenters. The van der Waals surface area contributed by atoms with E-state index < -0.39 is 0 Å². The van der Waals surface area contributed by atoms with Crippen LogP contribution in [0.25, 0.3) is 11.0 Å². The van der Waals surface area contributed by atoms with E-state index in [2.05, 4.69) is 41.6 Å². The average Bonchev–Trinajstić information content (AvgIpc) is 3.11. The van der Waals surface area contributed by atoms with Crippen LogP contribution in [0.3, 0.4) is 0 Å². The number of amides is 1. The van der Waals surface area contributed by atoms with Crippen molar-refractivity contribution in [3.63, 3.8) is 0 Å². The molecule has 3 aliphatic heterocycles. The van der Waals surface area contributed by atoms with E-state index >= 15 is 0 Å². The predicted molar refractivity (Wildman–Crippen MR) is 109 cm³/mol. The van der Waals surface area contributed by atoms with E-state index in [4.69, 9.17) is 4.98 Å². The Hall–Kier alpha value is -2.43. The van der Waals surface area contributed by atoms with Gasteiger partial charge in [0.25, 0.3) is 5.91 Å². The van der Waals surface area contributed by atoms with Crippen molar-refractivity contribution >= 4 is 25.4 Å². The van der Waals surface area contributed by atoms with Crippen molar-refractivity contribution in [2.75, 3.05) is 26.2 Å². The lowest BCUT2D eigenvalue weighted by atomic mass is 10.2. The van der Waals surface area contributed by atoms with E-state index in [-0.39, 0.29) is 11.7 Å². The first kappa shape index (κ1) is 16.7. The van der Waals surface area contributed by atoms with E-state index in [1.165, 1.54) is 5.56 Å². The molecular formula is C20H22N5OP. The maximum atomic E-state index is 12.8. The smallest absolute Gasteiger partial charge is 0.252 e. The number of hydrogen-bond acceptors (Lipinski definition) is 4. The number of imidazole rings is 1. The lowest BCUT2D eigenvalue weighted by molar-refractivity contribution is -0.123. The Bertz CT molecular complexity index is 999. The largest absolute Gasteiger partial charge is 0.368 e. The fourth-order valence-electron chi connectivity index (χ4n) is 3.76. The topological polar surface area (TPSA) is 52.9 Å². The highest BCUT2D eigenvalue weighted by Gasteiger charge is 2.30. The third-order valence-electron chi connectivity index (χ3n) is 5.20. The van der Waals surface area contributed by atoms with Crippen LogP contribution in [0.4, 0.5) is 0 Å². The lowest BCUT2D eigenvalue weighted by Crippen LogP contribution is -2.44. The van der Waals surface area contributed by atoms with Gasteiger partial charge < -0.3 is 19.5 Å². The van der Waals surface area contributed by atoms with Gasteiger partial charge in [-0.1, -0.05) is 20.7 Å². The number of allylic oxidation sites excluding steroid dienone is 1. The van der Waals surface area contributed by atoms with Gasteiger partial charge in [-0.3, -0.25) is 4.79 Å². The van der Waals surface area contributed by atoms with E-state index in [1.807, 2.05) is 27.8 Å². The Morgan fingerprint density at radius 1 is 1.22 bits per heavy atom. The van der Waals surface area contributed by atoms with Gasteiger partial charge in [0.1, 0.15) is 5.65 Å². The molecule has 1 N–H and O–H groups in total. The van der Waals surface area contributed by atoms with Gasteiger partial charge in [0, 0.05) is 56.2 Å². The van der Waals surface area contributed by atoms with Crippen LogP contribution >= 0.6 is 8.58 Å². The van der Waals surface area contributed by atoms with Crippen LogP contribution in [0, 0.1) is 6.92 Å². The number of carbonyl (C=O) groups excluding carboxylic acids is 1. The van der Waals surface area contributed by atoms with Crippen LogP contribution in [-0.4, -0.2) is 57.1 Å². The number of aryl methyl sites for hydroxylation is 1. The SMILES string of the molecule is Cc1ccc2nc(C3=CC(=O)N4C=C(N5CCNCC5)C=CC4P3)cn2c1. The van der Waals surface area contributed by atoms with Gasteiger partial charge in [0.05, 0.1) is 17.2 Å². The Kier molecular flexibility index (Phi) is 4.10. The first-order chi connectivity index (χ1) is 13.2. The van der Waals surface area contributed by atoms with Gasteiger partial charge in [0.2, 0.25) is 0 Å². The third kappa shape index (κ3) is 3.09. The lowest BCUT2D eigenvalue weighted by Gasteiger charge is -2.37. The highest BCUT2D eigenvalue weighted by Crippen LogP contribution is 2.44.